The zero-order valence-corrected chi connectivity index (χ0v) is 7.42. The lowest BCUT2D eigenvalue weighted by Crippen LogP contribution is -2.22. The number of carbonyl (C=O) groups excluding carboxylic acids is 1. The highest BCUT2D eigenvalue weighted by Crippen LogP contribution is 1.95. The van der Waals surface area contributed by atoms with Crippen LogP contribution < -0.4 is 10.8 Å². The zero-order chi connectivity index (χ0) is 8.97. The molecule has 1 aromatic carbocycles. The normalized spacial score (nSPS) is 9.42. The molecular formula is C9H12BNO. The Kier molecular flexibility index (Phi) is 2.91. The maximum absolute atomic E-state index is 11.2. The van der Waals surface area contributed by atoms with Gasteiger partial charge in [0.2, 0.25) is 0 Å². The highest BCUT2D eigenvalue weighted by Gasteiger charge is 2.01. The maximum atomic E-state index is 11.2. The van der Waals surface area contributed by atoms with Gasteiger partial charge in [-0.1, -0.05) is 29.7 Å². The SMILES string of the molecule is Bc1ccc(C(=O)NCC)cc1. The van der Waals surface area contributed by atoms with Crippen LogP contribution in [0.2, 0.25) is 0 Å². The number of benzene rings is 1. The van der Waals surface area contributed by atoms with Crippen molar-refractivity contribution in [2.75, 3.05) is 6.54 Å². The standard InChI is InChI=1S/C9H12BNO/c1-2-11-9(12)7-3-5-8(10)6-4-7/h3-6H,2,10H2,1H3,(H,11,12). The van der Waals surface area contributed by atoms with Crippen LogP contribution in [0.25, 0.3) is 0 Å². The molecule has 0 aliphatic rings. The van der Waals surface area contributed by atoms with E-state index in [0.29, 0.717) is 6.54 Å². The molecule has 0 bridgehead atoms. The van der Waals surface area contributed by atoms with E-state index >= 15 is 0 Å². The van der Waals surface area contributed by atoms with Crippen LogP contribution in [0.3, 0.4) is 0 Å². The third kappa shape index (κ3) is 2.12. The molecule has 0 spiro atoms. The number of nitrogens with one attached hydrogen (secondary N) is 1. The monoisotopic (exact) mass is 161 g/mol. The molecule has 0 saturated heterocycles. The van der Waals surface area contributed by atoms with E-state index in [1.807, 2.05) is 39.0 Å². The molecule has 0 unspecified atom stereocenters. The Labute approximate surface area is 73.4 Å². The molecule has 0 aliphatic heterocycles. The summed E-state index contributed by atoms with van der Waals surface area (Å²) in [7, 11) is 2.00. The van der Waals surface area contributed by atoms with Gasteiger partial charge in [-0.05, 0) is 6.92 Å². The summed E-state index contributed by atoms with van der Waals surface area (Å²) in [6.45, 7) is 2.58. The van der Waals surface area contributed by atoms with Gasteiger partial charge >= 0.3 is 0 Å². The second-order valence-electron chi connectivity index (χ2n) is 2.73. The summed E-state index contributed by atoms with van der Waals surface area (Å²) in [4.78, 5) is 11.2. The molecule has 0 fully saturated rings. The summed E-state index contributed by atoms with van der Waals surface area (Å²) in [6.07, 6.45) is 0. The van der Waals surface area contributed by atoms with Crippen molar-refractivity contribution >= 4 is 19.2 Å². The van der Waals surface area contributed by atoms with Crippen LogP contribution in [-0.2, 0) is 0 Å². The topological polar surface area (TPSA) is 29.1 Å². The van der Waals surface area contributed by atoms with E-state index in [-0.39, 0.29) is 5.91 Å². The van der Waals surface area contributed by atoms with Crippen LogP contribution >= 0.6 is 0 Å². The third-order valence-electron chi connectivity index (χ3n) is 1.65. The van der Waals surface area contributed by atoms with Gasteiger partial charge in [-0.2, -0.15) is 0 Å². The van der Waals surface area contributed by atoms with Crippen LogP contribution in [0.15, 0.2) is 24.3 Å². The predicted octanol–water partition coefficient (Wildman–Crippen LogP) is -0.305. The molecule has 3 heteroatoms. The second-order valence-corrected chi connectivity index (χ2v) is 2.73. The van der Waals surface area contributed by atoms with Gasteiger partial charge in [-0.15, -0.1) is 0 Å². The second kappa shape index (κ2) is 3.95. The molecule has 0 radical (unpaired) electrons. The largest absolute Gasteiger partial charge is 0.352 e. The van der Waals surface area contributed by atoms with Crippen molar-refractivity contribution in [2.24, 2.45) is 0 Å². The third-order valence-corrected chi connectivity index (χ3v) is 1.65. The van der Waals surface area contributed by atoms with Gasteiger partial charge in [-0.25, -0.2) is 0 Å². The van der Waals surface area contributed by atoms with Crippen molar-refractivity contribution in [1.29, 1.82) is 0 Å². The predicted molar refractivity (Wildman–Crippen MR) is 52.6 cm³/mol. The Balaban J connectivity index is 2.75. The average Bonchev–Trinajstić information content (AvgIpc) is 2.06. The Hall–Kier alpha value is -1.25. The van der Waals surface area contributed by atoms with Crippen LogP contribution in [0, 0.1) is 0 Å². The Bertz CT molecular complexity index is 268. The lowest BCUT2D eigenvalue weighted by molar-refractivity contribution is 0.0956. The number of hydrogen-bond donors (Lipinski definition) is 1. The fourth-order valence-electron chi connectivity index (χ4n) is 0.968. The molecule has 62 valence electrons. The van der Waals surface area contributed by atoms with Gasteiger partial charge in [0, 0.05) is 12.1 Å². The van der Waals surface area contributed by atoms with E-state index < -0.39 is 0 Å². The van der Waals surface area contributed by atoms with E-state index in [1.165, 1.54) is 5.46 Å². The maximum Gasteiger partial charge on any atom is 0.251 e. The zero-order valence-electron chi connectivity index (χ0n) is 7.42. The Morgan fingerprint density at radius 2 is 2.00 bits per heavy atom. The van der Waals surface area contributed by atoms with E-state index in [9.17, 15) is 4.79 Å². The first-order valence-electron chi connectivity index (χ1n) is 4.09. The van der Waals surface area contributed by atoms with Crippen LogP contribution in [0.5, 0.6) is 0 Å². The first-order chi connectivity index (χ1) is 5.74. The highest BCUT2D eigenvalue weighted by molar-refractivity contribution is 6.32. The first-order valence-corrected chi connectivity index (χ1v) is 4.09. The van der Waals surface area contributed by atoms with Gasteiger partial charge in [0.05, 0.1) is 0 Å². The molecule has 1 rings (SSSR count). The highest BCUT2D eigenvalue weighted by atomic mass is 16.1. The van der Waals surface area contributed by atoms with Crippen molar-refractivity contribution in [3.05, 3.63) is 29.8 Å². The fraction of sp³-hybridized carbons (Fsp3) is 0.222. The van der Waals surface area contributed by atoms with Gasteiger partial charge < -0.3 is 5.32 Å². The average molecular weight is 161 g/mol. The van der Waals surface area contributed by atoms with Crippen LogP contribution in [0.1, 0.15) is 17.3 Å². The molecular weight excluding hydrogens is 149 g/mol. The Morgan fingerprint density at radius 1 is 1.42 bits per heavy atom. The van der Waals surface area contributed by atoms with E-state index in [0.717, 1.165) is 5.56 Å². The summed E-state index contributed by atoms with van der Waals surface area (Å²) in [5.74, 6) is -0.00231. The molecule has 0 aromatic heterocycles. The van der Waals surface area contributed by atoms with Crippen molar-refractivity contribution < 1.29 is 4.79 Å². The molecule has 1 aromatic rings. The minimum Gasteiger partial charge on any atom is -0.352 e. The van der Waals surface area contributed by atoms with Crippen molar-refractivity contribution in [3.63, 3.8) is 0 Å². The number of carbonyl (C=O) groups is 1. The lowest BCUT2D eigenvalue weighted by Gasteiger charge is -2.01. The quantitative estimate of drug-likeness (QED) is 0.592. The smallest absolute Gasteiger partial charge is 0.251 e. The van der Waals surface area contributed by atoms with Crippen molar-refractivity contribution in [3.8, 4) is 0 Å². The molecule has 0 saturated carbocycles. The minimum absolute atomic E-state index is 0.00231. The van der Waals surface area contributed by atoms with Gasteiger partial charge in [-0.3, -0.25) is 4.79 Å². The molecule has 1 amide bonds. The van der Waals surface area contributed by atoms with Gasteiger partial charge in [0.25, 0.3) is 5.91 Å². The van der Waals surface area contributed by atoms with Crippen molar-refractivity contribution in [1.82, 2.24) is 5.32 Å². The molecule has 1 N–H and O–H groups in total. The summed E-state index contributed by atoms with van der Waals surface area (Å²) in [5.41, 5.74) is 1.89. The summed E-state index contributed by atoms with van der Waals surface area (Å²) < 4.78 is 0. The van der Waals surface area contributed by atoms with Gasteiger partial charge in [0.15, 0.2) is 0 Å². The summed E-state index contributed by atoms with van der Waals surface area (Å²) in [5, 5.41) is 2.74. The van der Waals surface area contributed by atoms with Crippen molar-refractivity contribution in [2.45, 2.75) is 6.92 Å². The summed E-state index contributed by atoms with van der Waals surface area (Å²) in [6, 6.07) is 7.54. The fourth-order valence-corrected chi connectivity index (χ4v) is 0.968. The van der Waals surface area contributed by atoms with E-state index in [2.05, 4.69) is 5.32 Å². The molecule has 0 atom stereocenters. The molecule has 0 aliphatic carbocycles. The first kappa shape index (κ1) is 8.85. The van der Waals surface area contributed by atoms with E-state index in [4.69, 9.17) is 0 Å². The van der Waals surface area contributed by atoms with Gasteiger partial charge in [0.1, 0.15) is 7.85 Å². The number of amides is 1. The molecule has 12 heavy (non-hydrogen) atoms. The number of rotatable bonds is 2. The minimum atomic E-state index is -0.00231. The lowest BCUT2D eigenvalue weighted by atomic mass is 9.95. The van der Waals surface area contributed by atoms with Crippen LogP contribution in [-0.4, -0.2) is 20.3 Å². The number of hydrogen-bond acceptors (Lipinski definition) is 1. The Morgan fingerprint density at radius 3 is 2.50 bits per heavy atom. The van der Waals surface area contributed by atoms with Crippen LogP contribution in [0.4, 0.5) is 0 Å². The molecule has 0 heterocycles. The summed E-state index contributed by atoms with van der Waals surface area (Å²) >= 11 is 0. The molecule has 2 nitrogen and oxygen atoms in total. The van der Waals surface area contributed by atoms with E-state index in [1.54, 1.807) is 0 Å².